The fourth-order valence-electron chi connectivity index (χ4n) is 5.29. The van der Waals surface area contributed by atoms with E-state index in [2.05, 4.69) is 53.9 Å². The van der Waals surface area contributed by atoms with Crippen LogP contribution in [0.4, 0.5) is 5.69 Å². The highest BCUT2D eigenvalue weighted by Crippen LogP contribution is 2.49. The van der Waals surface area contributed by atoms with E-state index in [1.807, 2.05) is 11.0 Å². The van der Waals surface area contributed by atoms with E-state index in [4.69, 9.17) is 0 Å². The molecule has 2 aromatic carbocycles. The number of benzene rings is 2. The minimum absolute atomic E-state index is 0.144. The van der Waals surface area contributed by atoms with Crippen molar-refractivity contribution in [1.82, 2.24) is 5.32 Å². The second-order valence-electron chi connectivity index (χ2n) is 8.01. The lowest BCUT2D eigenvalue weighted by Gasteiger charge is -2.38. The van der Waals surface area contributed by atoms with E-state index >= 15 is 0 Å². The number of nitrogens with one attached hydrogen (secondary N) is 1. The van der Waals surface area contributed by atoms with Crippen molar-refractivity contribution in [3.63, 3.8) is 0 Å². The number of rotatable bonds is 3. The summed E-state index contributed by atoms with van der Waals surface area (Å²) >= 11 is 0. The Kier molecular flexibility index (Phi) is 4.13. The number of nitrogens with zero attached hydrogens (tertiary/aromatic N) is 1. The van der Waals surface area contributed by atoms with Gasteiger partial charge in [0.1, 0.15) is 0 Å². The zero-order chi connectivity index (χ0) is 18.3. The topological polar surface area (TPSA) is 32.3 Å². The van der Waals surface area contributed by atoms with Gasteiger partial charge in [0.05, 0.1) is 0 Å². The third kappa shape index (κ3) is 2.72. The first-order valence-electron chi connectivity index (χ1n) is 10.2. The SMILES string of the molecule is O=C(CCC1=Cc2ccccc2C12CCNCC2)N1CCc2ccccc21. The molecule has 0 bridgehead atoms. The van der Waals surface area contributed by atoms with Crippen molar-refractivity contribution in [1.29, 1.82) is 0 Å². The maximum atomic E-state index is 13.0. The van der Waals surface area contributed by atoms with Gasteiger partial charge in [-0.25, -0.2) is 0 Å². The van der Waals surface area contributed by atoms with Crippen molar-refractivity contribution in [2.24, 2.45) is 0 Å². The first kappa shape index (κ1) is 16.8. The van der Waals surface area contributed by atoms with Crippen LogP contribution < -0.4 is 10.2 Å². The van der Waals surface area contributed by atoms with Crippen molar-refractivity contribution >= 4 is 17.7 Å². The molecule has 5 rings (SSSR count). The molecular formula is C24H26N2O. The molecule has 2 aromatic rings. The number of piperidine rings is 1. The summed E-state index contributed by atoms with van der Waals surface area (Å²) in [6.45, 7) is 2.94. The normalized spacial score (nSPS) is 19.7. The van der Waals surface area contributed by atoms with E-state index in [0.717, 1.165) is 51.0 Å². The molecule has 1 N–H and O–H groups in total. The molecule has 2 aliphatic heterocycles. The van der Waals surface area contributed by atoms with Crippen molar-refractivity contribution in [3.8, 4) is 0 Å². The number of anilines is 1. The minimum Gasteiger partial charge on any atom is -0.317 e. The van der Waals surface area contributed by atoms with Crippen molar-refractivity contribution < 1.29 is 4.79 Å². The zero-order valence-electron chi connectivity index (χ0n) is 15.7. The van der Waals surface area contributed by atoms with Crippen LogP contribution in [0, 0.1) is 0 Å². The maximum absolute atomic E-state index is 13.0. The highest BCUT2D eigenvalue weighted by atomic mass is 16.2. The molecule has 1 aliphatic carbocycles. The van der Waals surface area contributed by atoms with Crippen LogP contribution in [0.15, 0.2) is 54.1 Å². The summed E-state index contributed by atoms with van der Waals surface area (Å²) < 4.78 is 0. The zero-order valence-corrected chi connectivity index (χ0v) is 15.7. The van der Waals surface area contributed by atoms with Gasteiger partial charge >= 0.3 is 0 Å². The average Bonchev–Trinajstić information content (AvgIpc) is 3.27. The van der Waals surface area contributed by atoms with Crippen LogP contribution in [0.1, 0.15) is 42.4 Å². The van der Waals surface area contributed by atoms with Crippen molar-refractivity contribution in [3.05, 3.63) is 70.8 Å². The average molecular weight is 358 g/mol. The lowest BCUT2D eigenvalue weighted by molar-refractivity contribution is -0.118. The lowest BCUT2D eigenvalue weighted by atomic mass is 9.69. The predicted octanol–water partition coefficient (Wildman–Crippen LogP) is 4.07. The van der Waals surface area contributed by atoms with Crippen LogP contribution in [0.5, 0.6) is 0 Å². The van der Waals surface area contributed by atoms with Crippen LogP contribution in [0.2, 0.25) is 0 Å². The molecule has 1 fully saturated rings. The van der Waals surface area contributed by atoms with E-state index in [1.165, 1.54) is 22.3 Å². The predicted molar refractivity (Wildman–Crippen MR) is 110 cm³/mol. The number of amides is 1. The summed E-state index contributed by atoms with van der Waals surface area (Å²) in [6.07, 6.45) is 7.08. The number of para-hydroxylation sites is 1. The Bertz CT molecular complexity index is 908. The maximum Gasteiger partial charge on any atom is 0.227 e. The number of fused-ring (bicyclic) bond motifs is 3. The molecule has 0 unspecified atom stereocenters. The van der Waals surface area contributed by atoms with Crippen LogP contribution in [-0.2, 0) is 16.6 Å². The number of hydrogen-bond acceptors (Lipinski definition) is 2. The summed E-state index contributed by atoms with van der Waals surface area (Å²) in [5.41, 5.74) is 6.85. The summed E-state index contributed by atoms with van der Waals surface area (Å²) in [5, 5.41) is 3.51. The van der Waals surface area contributed by atoms with E-state index in [-0.39, 0.29) is 11.3 Å². The fraction of sp³-hybridized carbons (Fsp3) is 0.375. The summed E-state index contributed by atoms with van der Waals surface area (Å²) in [4.78, 5) is 15.0. The van der Waals surface area contributed by atoms with Gasteiger partial charge in [0, 0.05) is 24.1 Å². The molecule has 3 heteroatoms. The van der Waals surface area contributed by atoms with E-state index in [9.17, 15) is 4.79 Å². The number of allylic oxidation sites excluding steroid dienone is 1. The molecule has 0 radical (unpaired) electrons. The summed E-state index contributed by atoms with van der Waals surface area (Å²) in [6, 6.07) is 17.1. The highest BCUT2D eigenvalue weighted by Gasteiger charge is 2.42. The molecule has 0 saturated carbocycles. The second kappa shape index (κ2) is 6.65. The molecule has 1 amide bonds. The number of hydrogen-bond donors (Lipinski definition) is 1. The van der Waals surface area contributed by atoms with Crippen LogP contribution in [-0.4, -0.2) is 25.5 Å². The Labute approximate surface area is 161 Å². The van der Waals surface area contributed by atoms with Crippen molar-refractivity contribution in [2.45, 2.75) is 37.5 Å². The first-order chi connectivity index (χ1) is 13.3. The standard InChI is InChI=1S/C24H26N2O/c27-23(26-16-11-18-5-2-4-8-22(18)26)10-9-20-17-19-6-1-3-7-21(19)24(20)12-14-25-15-13-24/h1-8,17,25H,9-16H2. The highest BCUT2D eigenvalue weighted by molar-refractivity contribution is 5.95. The molecule has 0 atom stereocenters. The molecule has 2 heterocycles. The van der Waals surface area contributed by atoms with Gasteiger partial charge in [-0.15, -0.1) is 0 Å². The molecule has 1 spiro atoms. The Morgan fingerprint density at radius 2 is 1.81 bits per heavy atom. The first-order valence-corrected chi connectivity index (χ1v) is 10.2. The molecule has 138 valence electrons. The molecular weight excluding hydrogens is 332 g/mol. The third-order valence-corrected chi connectivity index (χ3v) is 6.67. The molecule has 3 nitrogen and oxygen atoms in total. The molecule has 27 heavy (non-hydrogen) atoms. The van der Waals surface area contributed by atoms with Gasteiger partial charge in [0.25, 0.3) is 0 Å². The lowest BCUT2D eigenvalue weighted by Crippen LogP contribution is -2.40. The van der Waals surface area contributed by atoms with E-state index < -0.39 is 0 Å². The Balaban J connectivity index is 1.36. The van der Waals surface area contributed by atoms with E-state index in [1.54, 1.807) is 0 Å². The molecule has 3 aliphatic rings. The molecule has 1 saturated heterocycles. The van der Waals surface area contributed by atoms with Crippen LogP contribution >= 0.6 is 0 Å². The van der Waals surface area contributed by atoms with Crippen molar-refractivity contribution in [2.75, 3.05) is 24.5 Å². The quantitative estimate of drug-likeness (QED) is 0.897. The third-order valence-electron chi connectivity index (χ3n) is 6.67. The van der Waals surface area contributed by atoms with Crippen LogP contribution in [0.3, 0.4) is 0 Å². The largest absolute Gasteiger partial charge is 0.317 e. The van der Waals surface area contributed by atoms with Gasteiger partial charge < -0.3 is 10.2 Å². The fourth-order valence-corrected chi connectivity index (χ4v) is 5.29. The van der Waals surface area contributed by atoms with Gasteiger partial charge in [-0.3, -0.25) is 4.79 Å². The van der Waals surface area contributed by atoms with Crippen LogP contribution in [0.25, 0.3) is 6.08 Å². The summed E-state index contributed by atoms with van der Waals surface area (Å²) in [7, 11) is 0. The second-order valence-corrected chi connectivity index (χ2v) is 8.01. The van der Waals surface area contributed by atoms with Gasteiger partial charge in [-0.05, 0) is 61.5 Å². The Morgan fingerprint density at radius 3 is 2.70 bits per heavy atom. The van der Waals surface area contributed by atoms with Gasteiger partial charge in [0.15, 0.2) is 0 Å². The monoisotopic (exact) mass is 358 g/mol. The summed E-state index contributed by atoms with van der Waals surface area (Å²) in [5.74, 6) is 0.265. The number of carbonyl (C=O) groups excluding carboxylic acids is 1. The Morgan fingerprint density at radius 1 is 1.04 bits per heavy atom. The Hall–Kier alpha value is -2.39. The van der Waals surface area contributed by atoms with Gasteiger partial charge in [-0.2, -0.15) is 0 Å². The van der Waals surface area contributed by atoms with E-state index in [0.29, 0.717) is 6.42 Å². The smallest absolute Gasteiger partial charge is 0.227 e. The van der Waals surface area contributed by atoms with Gasteiger partial charge in [-0.1, -0.05) is 54.1 Å². The molecule has 0 aromatic heterocycles. The minimum atomic E-state index is 0.144. The van der Waals surface area contributed by atoms with Gasteiger partial charge in [0.2, 0.25) is 5.91 Å². The number of carbonyl (C=O) groups is 1.